The van der Waals surface area contributed by atoms with Gasteiger partial charge in [-0.2, -0.15) is 4.98 Å². The lowest BCUT2D eigenvalue weighted by Crippen LogP contribution is -2.49. The first kappa shape index (κ1) is 21.4. The monoisotopic (exact) mass is 433 g/mol. The van der Waals surface area contributed by atoms with Crippen molar-refractivity contribution in [2.45, 2.75) is 57.8 Å². The van der Waals surface area contributed by atoms with Crippen molar-refractivity contribution < 1.29 is 13.6 Å². The maximum absolute atomic E-state index is 6.68. The molecule has 2 aromatic heterocycles. The van der Waals surface area contributed by atoms with Crippen molar-refractivity contribution in [2.24, 2.45) is 0 Å². The zero-order valence-electron chi connectivity index (χ0n) is 18.9. The van der Waals surface area contributed by atoms with Crippen LogP contribution in [0, 0.1) is 0 Å². The standard InChI is InChI=1S/C21H35N5O3Si/c1-21(2,3)30(4,5)29-15-7-6-8-26(14-15)19-16(22)13-17-18(23-19)24-20(28-17)25-9-11-27-12-10-25/h13,15H,6-12,14,22H2,1-5H3. The Kier molecular flexibility index (Phi) is 5.71. The zero-order valence-corrected chi connectivity index (χ0v) is 19.9. The topological polar surface area (TPSA) is 89.9 Å². The number of oxazole rings is 1. The molecule has 0 spiro atoms. The van der Waals surface area contributed by atoms with Crippen LogP contribution in [0.1, 0.15) is 33.6 Å². The predicted octanol–water partition coefficient (Wildman–Crippen LogP) is 3.63. The Bertz CT molecular complexity index is 889. The number of aromatic nitrogens is 2. The summed E-state index contributed by atoms with van der Waals surface area (Å²) in [5.41, 5.74) is 8.25. The molecule has 0 radical (unpaired) electrons. The Morgan fingerprint density at radius 3 is 2.57 bits per heavy atom. The molecule has 0 aliphatic carbocycles. The van der Waals surface area contributed by atoms with Crippen LogP contribution >= 0.6 is 0 Å². The van der Waals surface area contributed by atoms with Crippen molar-refractivity contribution in [3.63, 3.8) is 0 Å². The van der Waals surface area contributed by atoms with E-state index in [1.807, 2.05) is 6.07 Å². The van der Waals surface area contributed by atoms with E-state index in [4.69, 9.17) is 24.3 Å². The van der Waals surface area contributed by atoms with Crippen molar-refractivity contribution >= 4 is 37.1 Å². The first-order valence-corrected chi connectivity index (χ1v) is 13.9. The molecule has 9 heteroatoms. The van der Waals surface area contributed by atoms with Gasteiger partial charge in [-0.3, -0.25) is 0 Å². The van der Waals surface area contributed by atoms with Crippen molar-refractivity contribution in [3.8, 4) is 0 Å². The maximum Gasteiger partial charge on any atom is 0.300 e. The summed E-state index contributed by atoms with van der Waals surface area (Å²) in [4.78, 5) is 13.8. The van der Waals surface area contributed by atoms with Gasteiger partial charge in [0.25, 0.3) is 6.01 Å². The van der Waals surface area contributed by atoms with Crippen LogP contribution in [0.4, 0.5) is 17.5 Å². The van der Waals surface area contributed by atoms with Crippen molar-refractivity contribution in [2.75, 3.05) is 54.9 Å². The van der Waals surface area contributed by atoms with Gasteiger partial charge in [-0.05, 0) is 31.0 Å². The summed E-state index contributed by atoms with van der Waals surface area (Å²) in [5.74, 6) is 0.785. The number of fused-ring (bicyclic) bond motifs is 1. The Balaban J connectivity index is 1.54. The summed E-state index contributed by atoms with van der Waals surface area (Å²) in [7, 11) is -1.82. The number of hydrogen-bond acceptors (Lipinski definition) is 8. The largest absolute Gasteiger partial charge is 0.422 e. The molecule has 0 aromatic carbocycles. The molecule has 2 aliphatic rings. The minimum atomic E-state index is -1.82. The van der Waals surface area contributed by atoms with Crippen LogP contribution < -0.4 is 15.5 Å². The summed E-state index contributed by atoms with van der Waals surface area (Å²) >= 11 is 0. The van der Waals surface area contributed by atoms with E-state index >= 15 is 0 Å². The van der Waals surface area contributed by atoms with Gasteiger partial charge >= 0.3 is 0 Å². The van der Waals surface area contributed by atoms with E-state index in [1.54, 1.807) is 0 Å². The lowest BCUT2D eigenvalue weighted by atomic mass is 10.1. The average Bonchev–Trinajstić information content (AvgIpc) is 3.10. The van der Waals surface area contributed by atoms with Gasteiger partial charge in [-0.25, -0.2) is 4.98 Å². The second-order valence-electron chi connectivity index (χ2n) is 9.91. The normalized spacial score (nSPS) is 21.4. The molecule has 0 saturated carbocycles. The second-order valence-corrected chi connectivity index (χ2v) is 14.7. The molecule has 166 valence electrons. The number of ether oxygens (including phenoxy) is 1. The fourth-order valence-electron chi connectivity index (χ4n) is 3.82. The average molecular weight is 434 g/mol. The maximum atomic E-state index is 6.68. The predicted molar refractivity (Wildman–Crippen MR) is 123 cm³/mol. The van der Waals surface area contributed by atoms with Gasteiger partial charge in [0.15, 0.2) is 19.7 Å². The molecular formula is C21H35N5O3Si. The Hall–Kier alpha value is -1.84. The van der Waals surface area contributed by atoms with Gasteiger partial charge in [0.1, 0.15) is 0 Å². The molecule has 1 atom stereocenters. The number of rotatable bonds is 4. The summed E-state index contributed by atoms with van der Waals surface area (Å²) in [5, 5.41) is 0.196. The van der Waals surface area contributed by atoms with E-state index in [0.717, 1.165) is 44.8 Å². The number of nitrogen functional groups attached to an aromatic ring is 1. The van der Waals surface area contributed by atoms with E-state index in [9.17, 15) is 0 Å². The Morgan fingerprint density at radius 2 is 1.87 bits per heavy atom. The Morgan fingerprint density at radius 1 is 1.13 bits per heavy atom. The number of piperidine rings is 1. The number of nitrogens with two attached hydrogens (primary N) is 1. The van der Waals surface area contributed by atoms with Gasteiger partial charge in [0.05, 0.1) is 25.0 Å². The molecule has 2 saturated heterocycles. The number of pyridine rings is 1. The number of morpholine rings is 1. The minimum absolute atomic E-state index is 0.196. The fourth-order valence-corrected chi connectivity index (χ4v) is 5.20. The summed E-state index contributed by atoms with van der Waals surface area (Å²) in [6, 6.07) is 2.45. The number of hydrogen-bond donors (Lipinski definition) is 1. The number of anilines is 3. The highest BCUT2D eigenvalue weighted by atomic mass is 28.4. The summed E-state index contributed by atoms with van der Waals surface area (Å²) in [6.07, 6.45) is 2.35. The molecule has 2 fully saturated rings. The van der Waals surface area contributed by atoms with E-state index < -0.39 is 8.32 Å². The summed E-state index contributed by atoms with van der Waals surface area (Å²) < 4.78 is 18.0. The van der Waals surface area contributed by atoms with Crippen LogP contribution in [-0.2, 0) is 9.16 Å². The minimum Gasteiger partial charge on any atom is -0.422 e. The molecule has 0 amide bonds. The lowest BCUT2D eigenvalue weighted by Gasteiger charge is -2.42. The van der Waals surface area contributed by atoms with Gasteiger partial charge in [-0.15, -0.1) is 0 Å². The molecule has 8 nitrogen and oxygen atoms in total. The molecule has 30 heavy (non-hydrogen) atoms. The molecule has 1 unspecified atom stereocenters. The first-order valence-electron chi connectivity index (χ1n) is 11.0. The highest BCUT2D eigenvalue weighted by Gasteiger charge is 2.40. The zero-order chi connectivity index (χ0) is 21.5. The second kappa shape index (κ2) is 8.01. The van der Waals surface area contributed by atoms with Crippen LogP contribution in [0.2, 0.25) is 18.1 Å². The highest BCUT2D eigenvalue weighted by Crippen LogP contribution is 2.39. The van der Waals surface area contributed by atoms with E-state index in [1.165, 1.54) is 0 Å². The quantitative estimate of drug-likeness (QED) is 0.731. The SMILES string of the molecule is CC(C)(C)[Si](C)(C)OC1CCCN(c2nc3nc(N4CCOCC4)oc3cc2N)C1. The molecule has 2 aromatic rings. The van der Waals surface area contributed by atoms with E-state index in [2.05, 4.69) is 48.6 Å². The van der Waals surface area contributed by atoms with Gasteiger partial charge < -0.3 is 29.1 Å². The molecule has 0 bridgehead atoms. The van der Waals surface area contributed by atoms with Gasteiger partial charge in [0, 0.05) is 32.2 Å². The molecule has 4 heterocycles. The first-order chi connectivity index (χ1) is 14.1. The van der Waals surface area contributed by atoms with Gasteiger partial charge in [-0.1, -0.05) is 20.8 Å². The van der Waals surface area contributed by atoms with Crippen LogP contribution in [-0.4, -0.2) is 63.8 Å². The van der Waals surface area contributed by atoms with Crippen LogP contribution in [0.3, 0.4) is 0 Å². The third-order valence-electron chi connectivity index (χ3n) is 6.61. The van der Waals surface area contributed by atoms with E-state index in [-0.39, 0.29) is 11.1 Å². The molecular weight excluding hydrogens is 398 g/mol. The summed E-state index contributed by atoms with van der Waals surface area (Å²) in [6.45, 7) is 16.1. The molecule has 2 aliphatic heterocycles. The van der Waals surface area contributed by atoms with E-state index in [0.29, 0.717) is 36.1 Å². The molecule has 4 rings (SSSR count). The fraction of sp³-hybridized carbons (Fsp3) is 0.714. The Labute approximate surface area is 179 Å². The third-order valence-corrected chi connectivity index (χ3v) is 11.1. The van der Waals surface area contributed by atoms with Crippen LogP contribution in [0.5, 0.6) is 0 Å². The number of nitrogens with zero attached hydrogens (tertiary/aromatic N) is 4. The van der Waals surface area contributed by atoms with Crippen molar-refractivity contribution in [3.05, 3.63) is 6.07 Å². The van der Waals surface area contributed by atoms with Crippen LogP contribution in [0.15, 0.2) is 10.5 Å². The molecule has 2 N–H and O–H groups in total. The highest BCUT2D eigenvalue weighted by molar-refractivity contribution is 6.74. The third kappa shape index (κ3) is 4.28. The van der Waals surface area contributed by atoms with Crippen molar-refractivity contribution in [1.29, 1.82) is 0 Å². The van der Waals surface area contributed by atoms with Gasteiger partial charge in [0.2, 0.25) is 5.65 Å². The van der Waals surface area contributed by atoms with Crippen molar-refractivity contribution in [1.82, 2.24) is 9.97 Å². The van der Waals surface area contributed by atoms with Crippen LogP contribution in [0.25, 0.3) is 11.2 Å². The lowest BCUT2D eigenvalue weighted by molar-refractivity contribution is 0.120. The smallest absolute Gasteiger partial charge is 0.300 e.